The molecule has 54 heavy (non-hydrogen) atoms. The topological polar surface area (TPSA) is 116 Å². The number of piperazine rings is 2. The van der Waals surface area contributed by atoms with E-state index in [9.17, 15) is 19.8 Å². The number of fused-ring (bicyclic) bond motifs is 1. The van der Waals surface area contributed by atoms with E-state index in [4.69, 9.17) is 23.2 Å². The highest BCUT2D eigenvalue weighted by Gasteiger charge is 2.23. The normalized spacial score (nSPS) is 15.7. The summed E-state index contributed by atoms with van der Waals surface area (Å²) in [6, 6.07) is 18.7. The number of H-pyrrole nitrogens is 1. The minimum Gasteiger partial charge on any atom is -0.508 e. The first-order chi connectivity index (χ1) is 26.1. The van der Waals surface area contributed by atoms with Crippen LogP contribution in [-0.4, -0.2) is 104 Å². The number of aromatic hydroxyl groups is 2. The third kappa shape index (κ3) is 8.02. The van der Waals surface area contributed by atoms with Crippen molar-refractivity contribution >= 4 is 52.0 Å². The number of nitrogens with zero attached hydrogens (tertiary/aromatic N) is 5. The number of phenols is 2. The van der Waals surface area contributed by atoms with Crippen LogP contribution in [0.5, 0.6) is 11.5 Å². The number of aromatic nitrogens is 2. The average Bonchev–Trinajstić information content (AvgIpc) is 3.65. The summed E-state index contributed by atoms with van der Waals surface area (Å²) >= 11 is 13.7. The highest BCUT2D eigenvalue weighted by Crippen LogP contribution is 2.38. The third-order valence-corrected chi connectivity index (χ3v) is 11.1. The van der Waals surface area contributed by atoms with Crippen molar-refractivity contribution in [1.82, 2.24) is 29.8 Å². The summed E-state index contributed by atoms with van der Waals surface area (Å²) < 4.78 is 0. The van der Waals surface area contributed by atoms with Gasteiger partial charge >= 0.3 is 0 Å². The molecule has 5 aromatic rings. The maximum atomic E-state index is 13.2. The van der Waals surface area contributed by atoms with Crippen molar-refractivity contribution in [2.45, 2.75) is 20.0 Å². The van der Waals surface area contributed by atoms with Crippen LogP contribution in [-0.2, 0) is 22.7 Å². The van der Waals surface area contributed by atoms with E-state index in [1.165, 1.54) is 18.2 Å². The number of nitrogens with one attached hydrogen (secondary N) is 1. The van der Waals surface area contributed by atoms with Crippen LogP contribution in [0.15, 0.2) is 85.6 Å². The van der Waals surface area contributed by atoms with Gasteiger partial charge < -0.3 is 20.0 Å². The Morgan fingerprint density at radius 2 is 1.54 bits per heavy atom. The lowest BCUT2D eigenvalue weighted by molar-refractivity contribution is -0.128. The lowest BCUT2D eigenvalue weighted by Crippen LogP contribution is -2.47. The molecule has 4 aromatic carbocycles. The molecule has 3 N–H and O–H groups in total. The number of aromatic amines is 1. The quantitative estimate of drug-likeness (QED) is 0.137. The Balaban J connectivity index is 0.952. The van der Waals surface area contributed by atoms with Crippen LogP contribution in [0.3, 0.4) is 0 Å². The molecule has 2 aliphatic heterocycles. The molecule has 0 unspecified atom stereocenters. The van der Waals surface area contributed by atoms with Crippen molar-refractivity contribution in [2.24, 2.45) is 0 Å². The zero-order valence-corrected chi connectivity index (χ0v) is 31.6. The molecule has 2 saturated heterocycles. The van der Waals surface area contributed by atoms with E-state index in [0.717, 1.165) is 45.3 Å². The zero-order chi connectivity index (χ0) is 37.9. The van der Waals surface area contributed by atoms with Gasteiger partial charge in [-0.2, -0.15) is 5.10 Å². The number of halogens is 2. The van der Waals surface area contributed by atoms with Crippen LogP contribution in [0.4, 0.5) is 0 Å². The summed E-state index contributed by atoms with van der Waals surface area (Å²) in [5.74, 6) is -0.101. The summed E-state index contributed by atoms with van der Waals surface area (Å²) in [6.45, 7) is 12.1. The van der Waals surface area contributed by atoms with Crippen LogP contribution in [0.1, 0.15) is 22.3 Å². The van der Waals surface area contributed by atoms with Crippen LogP contribution >= 0.6 is 23.2 Å². The number of hydrogen-bond donors (Lipinski definition) is 3. The van der Waals surface area contributed by atoms with Crippen LogP contribution in [0.25, 0.3) is 39.2 Å². The number of hydrogen-bond acceptors (Lipinski definition) is 7. The molecular formula is C42H42Cl2N6O4. The molecule has 0 spiro atoms. The monoisotopic (exact) mass is 764 g/mol. The Kier molecular flexibility index (Phi) is 11.1. The molecule has 2 amide bonds. The predicted molar refractivity (Wildman–Crippen MR) is 214 cm³/mol. The molecule has 7 rings (SSSR count). The summed E-state index contributed by atoms with van der Waals surface area (Å²) in [5, 5.41) is 30.8. The van der Waals surface area contributed by atoms with Crippen LogP contribution in [0.2, 0.25) is 10.0 Å². The van der Waals surface area contributed by atoms with Gasteiger partial charge in [-0.1, -0.05) is 60.1 Å². The number of amides is 2. The Labute approximate surface area is 324 Å². The van der Waals surface area contributed by atoms with E-state index in [0.29, 0.717) is 85.6 Å². The Morgan fingerprint density at radius 3 is 2.22 bits per heavy atom. The Bertz CT molecular complexity index is 2250. The fourth-order valence-corrected chi connectivity index (χ4v) is 7.90. The second kappa shape index (κ2) is 16.1. The minimum atomic E-state index is -0.136. The molecule has 2 fully saturated rings. The molecule has 0 bridgehead atoms. The number of aryl methyl sites for hydroxylation is 1. The fourth-order valence-electron chi connectivity index (χ4n) is 7.32. The fraction of sp³-hybridized carbons (Fsp3) is 0.262. The standard InChI is InChI=1S/C42H42Cl2N6O4/c1-3-39(53)49-16-14-48(15-17-49)26-31-7-6-29(22-38(31)52)34-23-32(51)21-30(42(34)44)8-11-40(54)50-18-12-47(13-19-50)25-28-5-9-33(36(43)20-28)41-27(2)4-10-37-35(41)24-45-46-37/h3-11,20-24,51-52H,1,12-19,25-26H2,2H3,(H,45,46)/b11-8+. The van der Waals surface area contributed by atoms with Gasteiger partial charge in [0.1, 0.15) is 11.5 Å². The van der Waals surface area contributed by atoms with Crippen molar-refractivity contribution < 1.29 is 19.8 Å². The predicted octanol–water partition coefficient (Wildman–Crippen LogP) is 7.11. The molecule has 0 aliphatic carbocycles. The largest absolute Gasteiger partial charge is 0.508 e. The second-order valence-electron chi connectivity index (χ2n) is 13.9. The number of carbonyl (C=O) groups is 2. The van der Waals surface area contributed by atoms with Crippen LogP contribution < -0.4 is 0 Å². The first-order valence-electron chi connectivity index (χ1n) is 18.0. The van der Waals surface area contributed by atoms with Gasteiger partial charge in [-0.25, -0.2) is 0 Å². The highest BCUT2D eigenvalue weighted by atomic mass is 35.5. The van der Waals surface area contributed by atoms with E-state index in [-0.39, 0.29) is 23.3 Å². The van der Waals surface area contributed by atoms with E-state index in [1.807, 2.05) is 35.4 Å². The van der Waals surface area contributed by atoms with Gasteiger partial charge in [0.05, 0.1) is 16.7 Å². The average molecular weight is 766 g/mol. The number of benzene rings is 4. The Hall–Kier alpha value is -5.13. The van der Waals surface area contributed by atoms with Crippen molar-refractivity contribution in [3.05, 3.63) is 118 Å². The smallest absolute Gasteiger partial charge is 0.246 e. The highest BCUT2D eigenvalue weighted by molar-refractivity contribution is 6.35. The van der Waals surface area contributed by atoms with E-state index in [2.05, 4.69) is 51.7 Å². The van der Waals surface area contributed by atoms with Crippen LogP contribution in [0, 0.1) is 6.92 Å². The maximum absolute atomic E-state index is 13.2. The van der Waals surface area contributed by atoms with Gasteiger partial charge in [0, 0.05) is 98.6 Å². The van der Waals surface area contributed by atoms with Gasteiger partial charge in [-0.05, 0) is 77.2 Å². The number of carbonyl (C=O) groups excluding carboxylic acids is 2. The third-order valence-electron chi connectivity index (χ3n) is 10.4. The number of phenolic OH excluding ortho intramolecular Hbond substituents is 2. The summed E-state index contributed by atoms with van der Waals surface area (Å²) in [7, 11) is 0. The molecule has 0 radical (unpaired) electrons. The molecule has 1 aromatic heterocycles. The van der Waals surface area contributed by atoms with Crippen molar-refractivity contribution in [3.63, 3.8) is 0 Å². The summed E-state index contributed by atoms with van der Waals surface area (Å²) in [4.78, 5) is 33.2. The first kappa shape index (κ1) is 37.2. The lowest BCUT2D eigenvalue weighted by Gasteiger charge is -2.34. The molecule has 3 heterocycles. The van der Waals surface area contributed by atoms with Gasteiger partial charge in [0.15, 0.2) is 0 Å². The molecule has 278 valence electrons. The van der Waals surface area contributed by atoms with Gasteiger partial charge in [0.2, 0.25) is 11.8 Å². The zero-order valence-electron chi connectivity index (χ0n) is 30.1. The molecular weight excluding hydrogens is 723 g/mol. The van der Waals surface area contributed by atoms with Crippen molar-refractivity contribution in [2.75, 3.05) is 52.4 Å². The first-order valence-corrected chi connectivity index (χ1v) is 18.7. The minimum absolute atomic E-state index is 0.00701. The number of rotatable bonds is 9. The van der Waals surface area contributed by atoms with Gasteiger partial charge in [-0.15, -0.1) is 0 Å². The van der Waals surface area contributed by atoms with Crippen molar-refractivity contribution in [3.8, 4) is 33.8 Å². The molecule has 0 atom stereocenters. The summed E-state index contributed by atoms with van der Waals surface area (Å²) in [5.41, 5.74) is 7.69. The maximum Gasteiger partial charge on any atom is 0.246 e. The SMILES string of the molecule is C=CC(=O)N1CCN(Cc2ccc(-c3cc(O)cc(/C=C/C(=O)N4CCN(Cc5ccc(-c6c(C)ccc7[nH]ncc67)c(Cl)c5)CC4)c3Cl)cc2O)CC1. The van der Waals surface area contributed by atoms with E-state index >= 15 is 0 Å². The van der Waals surface area contributed by atoms with Gasteiger partial charge in [-0.3, -0.25) is 24.5 Å². The molecule has 10 nitrogen and oxygen atoms in total. The van der Waals surface area contributed by atoms with Crippen molar-refractivity contribution in [1.29, 1.82) is 0 Å². The van der Waals surface area contributed by atoms with E-state index in [1.54, 1.807) is 23.1 Å². The summed E-state index contributed by atoms with van der Waals surface area (Å²) in [6.07, 6.45) is 6.28. The molecule has 2 aliphatic rings. The molecule has 0 saturated carbocycles. The lowest BCUT2D eigenvalue weighted by atomic mass is 9.96. The second-order valence-corrected chi connectivity index (χ2v) is 14.7. The van der Waals surface area contributed by atoms with E-state index < -0.39 is 0 Å². The Morgan fingerprint density at radius 1 is 0.833 bits per heavy atom. The van der Waals surface area contributed by atoms with Gasteiger partial charge in [0.25, 0.3) is 0 Å². The molecule has 12 heteroatoms.